The fourth-order valence-electron chi connectivity index (χ4n) is 4.64. The highest BCUT2D eigenvalue weighted by Gasteiger charge is 2.30. The van der Waals surface area contributed by atoms with E-state index in [4.69, 9.17) is 16.6 Å². The molecular formula is C35H30ClF3N4OS. The van der Waals surface area contributed by atoms with E-state index in [2.05, 4.69) is 39.5 Å². The van der Waals surface area contributed by atoms with Crippen molar-refractivity contribution < 1.29 is 18.0 Å². The van der Waals surface area contributed by atoms with Gasteiger partial charge in [0.1, 0.15) is 11.0 Å². The number of hydrogen-bond donors (Lipinski definition) is 1. The highest BCUT2D eigenvalue weighted by Crippen LogP contribution is 2.30. The summed E-state index contributed by atoms with van der Waals surface area (Å²) in [6, 6.07) is 34.2. The van der Waals surface area contributed by atoms with Gasteiger partial charge in [0, 0.05) is 37.0 Å². The van der Waals surface area contributed by atoms with Crippen molar-refractivity contribution in [2.24, 2.45) is 0 Å². The number of hydrogen-bond acceptors (Lipinski definition) is 5. The molecule has 0 unspecified atom stereocenters. The average Bonchev–Trinajstić information content (AvgIpc) is 3.05. The molecule has 0 atom stereocenters. The minimum absolute atomic E-state index is 0.0125. The zero-order chi connectivity index (χ0) is 31.6. The zero-order valence-corrected chi connectivity index (χ0v) is 25.7. The monoisotopic (exact) mass is 646 g/mol. The summed E-state index contributed by atoms with van der Waals surface area (Å²) in [5, 5.41) is 3.58. The van der Waals surface area contributed by atoms with E-state index in [1.54, 1.807) is 24.3 Å². The lowest BCUT2D eigenvalue weighted by molar-refractivity contribution is -0.137. The summed E-state index contributed by atoms with van der Waals surface area (Å²) in [7, 11) is 0. The summed E-state index contributed by atoms with van der Waals surface area (Å²) >= 11 is 7.90. The molecule has 0 saturated carbocycles. The third-order valence-electron chi connectivity index (χ3n) is 7.01. The van der Waals surface area contributed by atoms with Crippen molar-refractivity contribution in [1.29, 1.82) is 0 Å². The molecule has 45 heavy (non-hydrogen) atoms. The Morgan fingerprint density at radius 2 is 1.44 bits per heavy atom. The van der Waals surface area contributed by atoms with Gasteiger partial charge >= 0.3 is 6.18 Å². The van der Waals surface area contributed by atoms with Crippen LogP contribution in [0.4, 0.5) is 19.0 Å². The quantitative estimate of drug-likeness (QED) is 0.0836. The number of aromatic nitrogens is 2. The van der Waals surface area contributed by atoms with Crippen molar-refractivity contribution in [2.45, 2.75) is 36.6 Å². The molecule has 1 heterocycles. The van der Waals surface area contributed by atoms with Crippen molar-refractivity contribution in [3.05, 3.63) is 154 Å². The Balaban J connectivity index is 1.21. The molecule has 0 aliphatic rings. The first kappa shape index (κ1) is 32.1. The summed E-state index contributed by atoms with van der Waals surface area (Å²) in [5.74, 6) is 0.919. The van der Waals surface area contributed by atoms with Gasteiger partial charge in [0.2, 0.25) is 0 Å². The van der Waals surface area contributed by atoms with Gasteiger partial charge in [0.15, 0.2) is 5.16 Å². The van der Waals surface area contributed by atoms with E-state index < -0.39 is 11.7 Å². The van der Waals surface area contributed by atoms with Crippen LogP contribution < -0.4 is 10.2 Å². The van der Waals surface area contributed by atoms with E-state index >= 15 is 0 Å². The molecule has 4 aromatic carbocycles. The highest BCUT2D eigenvalue weighted by molar-refractivity contribution is 7.98. The number of thioether (sulfide) groups is 1. The van der Waals surface area contributed by atoms with Gasteiger partial charge in [0.05, 0.1) is 5.56 Å². The summed E-state index contributed by atoms with van der Waals surface area (Å²) in [5.41, 5.74) is 3.38. The predicted octanol–water partition coefficient (Wildman–Crippen LogP) is 8.62. The van der Waals surface area contributed by atoms with Gasteiger partial charge in [-0.15, -0.1) is 0 Å². The summed E-state index contributed by atoms with van der Waals surface area (Å²) < 4.78 is 38.9. The van der Waals surface area contributed by atoms with E-state index in [1.807, 2.05) is 48.5 Å². The minimum Gasteiger partial charge on any atom is -0.352 e. The van der Waals surface area contributed by atoms with Crippen LogP contribution in [0.15, 0.2) is 120 Å². The smallest absolute Gasteiger partial charge is 0.352 e. The van der Waals surface area contributed by atoms with Crippen molar-refractivity contribution in [3.8, 4) is 0 Å². The Bertz CT molecular complexity index is 1700. The Kier molecular flexibility index (Phi) is 10.8. The van der Waals surface area contributed by atoms with Crippen LogP contribution in [0.25, 0.3) is 0 Å². The Morgan fingerprint density at radius 3 is 2.13 bits per heavy atom. The second-order valence-electron chi connectivity index (χ2n) is 10.3. The third kappa shape index (κ3) is 9.57. The van der Waals surface area contributed by atoms with Gasteiger partial charge in [-0.1, -0.05) is 108 Å². The number of carbonyl (C=O) groups is 1. The molecule has 0 fully saturated rings. The van der Waals surface area contributed by atoms with Crippen LogP contribution in [-0.2, 0) is 31.4 Å². The fourth-order valence-corrected chi connectivity index (χ4v) is 5.68. The van der Waals surface area contributed by atoms with Crippen LogP contribution in [0.3, 0.4) is 0 Å². The standard InChI is InChI=1S/C35H30ClF3N4OS/c36-31-21-32(43(23-26-10-5-2-6-11-26)19-18-25-8-3-1-4-9-25)42-34(41-31)45-24-27-14-16-29(17-15-27)33(44)40-22-28-12-7-13-30(20-28)35(37,38)39/h1-17,20-21H,18-19,22-24H2,(H,40,44). The molecule has 0 saturated heterocycles. The van der Waals surface area contributed by atoms with Crippen LogP contribution in [0.5, 0.6) is 0 Å². The molecule has 0 bridgehead atoms. The lowest BCUT2D eigenvalue weighted by Crippen LogP contribution is -2.26. The molecule has 5 rings (SSSR count). The Hall–Kier alpha value is -4.34. The number of benzene rings is 4. The zero-order valence-electron chi connectivity index (χ0n) is 24.2. The predicted molar refractivity (Wildman–Crippen MR) is 173 cm³/mol. The molecule has 0 spiro atoms. The second-order valence-corrected chi connectivity index (χ2v) is 11.7. The molecule has 5 aromatic rings. The van der Waals surface area contributed by atoms with Crippen LogP contribution in [0.2, 0.25) is 5.15 Å². The maximum Gasteiger partial charge on any atom is 0.416 e. The summed E-state index contributed by atoms with van der Waals surface area (Å²) in [4.78, 5) is 24.1. The maximum absolute atomic E-state index is 13.0. The second kappa shape index (κ2) is 15.1. The molecule has 1 N–H and O–H groups in total. The van der Waals surface area contributed by atoms with Crippen molar-refractivity contribution in [2.75, 3.05) is 11.4 Å². The molecule has 1 aromatic heterocycles. The number of anilines is 1. The molecule has 230 valence electrons. The van der Waals surface area contributed by atoms with Gasteiger partial charge in [-0.2, -0.15) is 13.2 Å². The number of amides is 1. The summed E-state index contributed by atoms with van der Waals surface area (Å²) in [6.45, 7) is 1.40. The molecule has 0 radical (unpaired) electrons. The van der Waals surface area contributed by atoms with Gasteiger partial charge in [-0.3, -0.25) is 4.79 Å². The van der Waals surface area contributed by atoms with Crippen molar-refractivity contribution in [1.82, 2.24) is 15.3 Å². The lowest BCUT2D eigenvalue weighted by atomic mass is 10.1. The van der Waals surface area contributed by atoms with Crippen molar-refractivity contribution >= 4 is 35.1 Å². The van der Waals surface area contributed by atoms with Crippen LogP contribution in [-0.4, -0.2) is 22.4 Å². The molecule has 1 amide bonds. The first-order valence-corrected chi connectivity index (χ1v) is 15.6. The number of rotatable bonds is 12. The highest BCUT2D eigenvalue weighted by atomic mass is 35.5. The minimum atomic E-state index is -4.44. The molecular weight excluding hydrogens is 617 g/mol. The Labute approximate surface area is 269 Å². The number of nitrogens with one attached hydrogen (secondary N) is 1. The first-order valence-electron chi connectivity index (χ1n) is 14.3. The summed E-state index contributed by atoms with van der Waals surface area (Å²) in [6.07, 6.45) is -3.59. The van der Waals surface area contributed by atoms with Gasteiger partial charge < -0.3 is 10.2 Å². The van der Waals surface area contributed by atoms with Crippen LogP contribution >= 0.6 is 23.4 Å². The van der Waals surface area contributed by atoms with Gasteiger partial charge in [-0.25, -0.2) is 9.97 Å². The fraction of sp³-hybridized carbons (Fsp3) is 0.171. The van der Waals surface area contributed by atoms with Gasteiger partial charge in [-0.05, 0) is 52.9 Å². The number of alkyl halides is 3. The normalized spacial score (nSPS) is 11.3. The van der Waals surface area contributed by atoms with Crippen molar-refractivity contribution in [3.63, 3.8) is 0 Å². The molecule has 0 aliphatic heterocycles. The largest absolute Gasteiger partial charge is 0.416 e. The van der Waals surface area contributed by atoms with Crippen LogP contribution in [0.1, 0.15) is 38.2 Å². The molecule has 5 nitrogen and oxygen atoms in total. The lowest BCUT2D eigenvalue weighted by Gasteiger charge is -2.24. The maximum atomic E-state index is 13.0. The molecule has 10 heteroatoms. The first-order chi connectivity index (χ1) is 21.7. The van der Waals surface area contributed by atoms with Gasteiger partial charge in [0.25, 0.3) is 5.91 Å². The van der Waals surface area contributed by atoms with Crippen LogP contribution in [0, 0.1) is 0 Å². The van der Waals surface area contributed by atoms with E-state index in [1.165, 1.54) is 23.4 Å². The average molecular weight is 647 g/mol. The van der Waals surface area contributed by atoms with E-state index in [-0.39, 0.29) is 12.5 Å². The SMILES string of the molecule is O=C(NCc1cccc(C(F)(F)F)c1)c1ccc(CSc2nc(Cl)cc(N(CCc3ccccc3)Cc3ccccc3)n2)cc1. The number of halogens is 4. The Morgan fingerprint density at radius 1 is 0.778 bits per heavy atom. The third-order valence-corrected chi connectivity index (χ3v) is 8.12. The number of nitrogens with zero attached hydrogens (tertiary/aromatic N) is 3. The molecule has 0 aliphatic carbocycles. The van der Waals surface area contributed by atoms with E-state index in [0.29, 0.717) is 33.7 Å². The topological polar surface area (TPSA) is 58.1 Å². The van der Waals surface area contributed by atoms with E-state index in [9.17, 15) is 18.0 Å². The van der Waals surface area contributed by atoms with E-state index in [0.717, 1.165) is 42.0 Å². The number of carbonyl (C=O) groups excluding carboxylic acids is 1.